The molecule has 0 spiro atoms. The first-order chi connectivity index (χ1) is 7.41. The van der Waals surface area contributed by atoms with Crippen molar-refractivity contribution < 1.29 is 9.90 Å². The molecule has 0 aliphatic heterocycles. The Morgan fingerprint density at radius 1 is 1.50 bits per heavy atom. The Morgan fingerprint density at radius 3 is 2.62 bits per heavy atom. The van der Waals surface area contributed by atoms with Gasteiger partial charge in [-0.2, -0.15) is 0 Å². The molecule has 1 rings (SSSR count). The highest BCUT2D eigenvalue weighted by atomic mass is 79.9. The van der Waals surface area contributed by atoms with Gasteiger partial charge in [0.05, 0.1) is 10.5 Å². The van der Waals surface area contributed by atoms with Gasteiger partial charge in [0.25, 0.3) is 0 Å². The maximum Gasteiger partial charge on any atom is 0.238 e. The van der Waals surface area contributed by atoms with Gasteiger partial charge in [-0.05, 0) is 18.1 Å². The minimum atomic E-state index is -0.289. The number of anilines is 1. The number of aromatic hydroxyl groups is 1. The number of phenols is 1. The van der Waals surface area contributed by atoms with Crippen molar-refractivity contribution in [3.05, 3.63) is 23.2 Å². The van der Waals surface area contributed by atoms with Crippen molar-refractivity contribution in [1.29, 1.82) is 0 Å². The van der Waals surface area contributed by atoms with Gasteiger partial charge < -0.3 is 10.4 Å². The van der Waals surface area contributed by atoms with Gasteiger partial charge in [-0.3, -0.25) is 4.79 Å². The molecule has 5 heteroatoms. The molecule has 0 aliphatic carbocycles. The summed E-state index contributed by atoms with van der Waals surface area (Å²) >= 11 is 8.97. The van der Waals surface area contributed by atoms with Crippen LogP contribution in [0.25, 0.3) is 0 Å². The summed E-state index contributed by atoms with van der Waals surface area (Å²) in [6, 6.07) is 4.56. The molecule has 0 aromatic heterocycles. The number of amides is 1. The smallest absolute Gasteiger partial charge is 0.238 e. The first-order valence-electron chi connectivity index (χ1n) is 4.85. The quantitative estimate of drug-likeness (QED) is 0.664. The first-order valence-corrected chi connectivity index (χ1v) is 6.14. The van der Waals surface area contributed by atoms with E-state index in [4.69, 9.17) is 11.6 Å². The second-order valence-corrected chi connectivity index (χ2v) is 5.22. The summed E-state index contributed by atoms with van der Waals surface area (Å²) in [7, 11) is 0. The molecule has 3 nitrogen and oxygen atoms in total. The lowest BCUT2D eigenvalue weighted by Gasteiger charge is -2.14. The predicted molar refractivity (Wildman–Crippen MR) is 69.3 cm³/mol. The monoisotopic (exact) mass is 305 g/mol. The molecular weight excluding hydrogens is 293 g/mol. The number of benzene rings is 1. The van der Waals surface area contributed by atoms with Gasteiger partial charge in [0.1, 0.15) is 5.75 Å². The standard InChI is InChI=1S/C11H13BrClNO2/c1-6(2)10(12)11(16)14-8-4-3-7(13)5-9(8)15/h3-6,10,15H,1-2H3,(H,14,16). The van der Waals surface area contributed by atoms with Gasteiger partial charge in [-0.1, -0.05) is 41.4 Å². The summed E-state index contributed by atoms with van der Waals surface area (Å²) < 4.78 is 0. The topological polar surface area (TPSA) is 49.3 Å². The molecular formula is C11H13BrClNO2. The van der Waals surface area contributed by atoms with Gasteiger partial charge in [-0.25, -0.2) is 0 Å². The molecule has 0 fully saturated rings. The Hall–Kier alpha value is -0.740. The molecule has 16 heavy (non-hydrogen) atoms. The Labute approximate surface area is 108 Å². The fraction of sp³-hybridized carbons (Fsp3) is 0.364. The number of hydrogen-bond acceptors (Lipinski definition) is 2. The average Bonchev–Trinajstić information content (AvgIpc) is 2.20. The third-order valence-electron chi connectivity index (χ3n) is 2.05. The van der Waals surface area contributed by atoms with Gasteiger partial charge in [0.2, 0.25) is 5.91 Å². The number of hydrogen-bond donors (Lipinski definition) is 2. The highest BCUT2D eigenvalue weighted by Gasteiger charge is 2.19. The average molecular weight is 307 g/mol. The van der Waals surface area contributed by atoms with Crippen molar-refractivity contribution in [3.8, 4) is 5.75 Å². The summed E-state index contributed by atoms with van der Waals surface area (Å²) in [5.74, 6) is -0.0497. The number of halogens is 2. The lowest BCUT2D eigenvalue weighted by Crippen LogP contribution is -2.26. The van der Waals surface area contributed by atoms with E-state index in [1.165, 1.54) is 6.07 Å². The zero-order chi connectivity index (χ0) is 12.3. The second kappa shape index (κ2) is 5.55. The van der Waals surface area contributed by atoms with Gasteiger partial charge in [0.15, 0.2) is 0 Å². The fourth-order valence-electron chi connectivity index (χ4n) is 1.11. The van der Waals surface area contributed by atoms with Crippen LogP contribution in [0.5, 0.6) is 5.75 Å². The summed E-state index contributed by atoms with van der Waals surface area (Å²) in [6.45, 7) is 3.86. The van der Waals surface area contributed by atoms with Crippen molar-refractivity contribution >= 4 is 39.1 Å². The zero-order valence-electron chi connectivity index (χ0n) is 9.00. The van der Waals surface area contributed by atoms with Crippen LogP contribution >= 0.6 is 27.5 Å². The zero-order valence-corrected chi connectivity index (χ0v) is 11.3. The van der Waals surface area contributed by atoms with Gasteiger partial charge >= 0.3 is 0 Å². The summed E-state index contributed by atoms with van der Waals surface area (Å²) in [5, 5.41) is 12.6. The maximum absolute atomic E-state index is 11.7. The molecule has 88 valence electrons. The molecule has 1 unspecified atom stereocenters. The Morgan fingerprint density at radius 2 is 2.12 bits per heavy atom. The molecule has 2 N–H and O–H groups in total. The lowest BCUT2D eigenvalue weighted by molar-refractivity contribution is -0.116. The van der Waals surface area contributed by atoms with Crippen molar-refractivity contribution in [2.24, 2.45) is 5.92 Å². The van der Waals surface area contributed by atoms with Crippen molar-refractivity contribution in [3.63, 3.8) is 0 Å². The molecule has 0 saturated heterocycles. The van der Waals surface area contributed by atoms with Crippen LogP contribution in [0.4, 0.5) is 5.69 Å². The number of alkyl halides is 1. The molecule has 0 saturated carbocycles. The highest BCUT2D eigenvalue weighted by molar-refractivity contribution is 9.10. The number of phenolic OH excluding ortho intramolecular Hbond substituents is 1. The summed E-state index contributed by atoms with van der Waals surface area (Å²) in [4.78, 5) is 11.4. The van der Waals surface area contributed by atoms with Gasteiger partial charge in [-0.15, -0.1) is 0 Å². The molecule has 1 aromatic carbocycles. The highest BCUT2D eigenvalue weighted by Crippen LogP contribution is 2.27. The number of carbonyl (C=O) groups excluding carboxylic acids is 1. The third kappa shape index (κ3) is 3.39. The van der Waals surface area contributed by atoms with Crippen molar-refractivity contribution in [2.45, 2.75) is 18.7 Å². The van der Waals surface area contributed by atoms with E-state index in [1.54, 1.807) is 12.1 Å². The molecule has 0 radical (unpaired) electrons. The molecule has 1 aromatic rings. The summed E-state index contributed by atoms with van der Waals surface area (Å²) in [6.07, 6.45) is 0. The van der Waals surface area contributed by atoms with Crippen LogP contribution in [-0.2, 0) is 4.79 Å². The van der Waals surface area contributed by atoms with Crippen LogP contribution in [0.1, 0.15) is 13.8 Å². The van der Waals surface area contributed by atoms with Crippen molar-refractivity contribution in [2.75, 3.05) is 5.32 Å². The van der Waals surface area contributed by atoms with E-state index in [9.17, 15) is 9.90 Å². The van der Waals surface area contributed by atoms with E-state index in [0.717, 1.165) is 0 Å². The van der Waals surface area contributed by atoms with Crippen LogP contribution in [0.2, 0.25) is 5.02 Å². The van der Waals surface area contributed by atoms with Crippen LogP contribution in [0, 0.1) is 5.92 Å². The third-order valence-corrected chi connectivity index (χ3v) is 3.76. The molecule has 0 heterocycles. The maximum atomic E-state index is 11.7. The van der Waals surface area contributed by atoms with Crippen LogP contribution < -0.4 is 5.32 Å². The Kier molecular flexibility index (Phi) is 4.62. The van der Waals surface area contributed by atoms with E-state index in [2.05, 4.69) is 21.2 Å². The van der Waals surface area contributed by atoms with E-state index in [-0.39, 0.29) is 22.4 Å². The van der Waals surface area contributed by atoms with Crippen LogP contribution in [0.3, 0.4) is 0 Å². The largest absolute Gasteiger partial charge is 0.506 e. The number of nitrogens with one attached hydrogen (secondary N) is 1. The van der Waals surface area contributed by atoms with Crippen LogP contribution in [-0.4, -0.2) is 15.8 Å². The van der Waals surface area contributed by atoms with Crippen molar-refractivity contribution in [1.82, 2.24) is 0 Å². The fourth-order valence-corrected chi connectivity index (χ4v) is 1.40. The predicted octanol–water partition coefficient (Wildman–Crippen LogP) is 3.40. The second-order valence-electron chi connectivity index (χ2n) is 3.80. The molecule has 1 amide bonds. The van der Waals surface area contributed by atoms with E-state index in [1.807, 2.05) is 13.8 Å². The van der Waals surface area contributed by atoms with Crippen LogP contribution in [0.15, 0.2) is 18.2 Å². The Balaban J connectivity index is 2.77. The molecule has 0 bridgehead atoms. The lowest BCUT2D eigenvalue weighted by atomic mass is 10.1. The van der Waals surface area contributed by atoms with E-state index in [0.29, 0.717) is 10.7 Å². The van der Waals surface area contributed by atoms with E-state index >= 15 is 0 Å². The summed E-state index contributed by atoms with van der Waals surface area (Å²) in [5.41, 5.74) is 0.361. The first kappa shape index (κ1) is 13.3. The number of carbonyl (C=O) groups is 1. The number of rotatable bonds is 3. The minimum absolute atomic E-state index is 0.0377. The molecule has 1 atom stereocenters. The Bertz CT molecular complexity index is 396. The minimum Gasteiger partial charge on any atom is -0.506 e. The van der Waals surface area contributed by atoms with Gasteiger partial charge in [0, 0.05) is 11.1 Å². The van der Waals surface area contributed by atoms with E-state index < -0.39 is 0 Å². The normalized spacial score (nSPS) is 12.6. The SMILES string of the molecule is CC(C)C(Br)C(=O)Nc1ccc(Cl)cc1O. The molecule has 0 aliphatic rings.